The third-order valence-electron chi connectivity index (χ3n) is 4.04. The van der Waals surface area contributed by atoms with Gasteiger partial charge in [0.2, 0.25) is 5.91 Å². The molecule has 7 nitrogen and oxygen atoms in total. The van der Waals surface area contributed by atoms with Crippen molar-refractivity contribution >= 4 is 29.3 Å². The Labute approximate surface area is 162 Å². The molecule has 0 aliphatic rings. The first kappa shape index (κ1) is 20.8. The summed E-state index contributed by atoms with van der Waals surface area (Å²) in [5.74, 6) is -1.89. The molecular weight excluding hydrogens is 360 g/mol. The minimum Gasteiger partial charge on any atom is -0.453 e. The normalized spacial score (nSPS) is 11.4. The van der Waals surface area contributed by atoms with Gasteiger partial charge in [0.05, 0.1) is 6.42 Å². The fourth-order valence-corrected chi connectivity index (χ4v) is 2.37. The van der Waals surface area contributed by atoms with Crippen molar-refractivity contribution in [1.82, 2.24) is 0 Å². The summed E-state index contributed by atoms with van der Waals surface area (Å²) < 4.78 is 5.07. The Hall–Kier alpha value is -3.48. The molecule has 0 aromatic heterocycles. The fourth-order valence-electron chi connectivity index (χ4n) is 2.37. The number of Topliss-reactive ketones (excluding diaryl/α,β-unsaturated/α-hetero) is 1. The van der Waals surface area contributed by atoms with Crippen molar-refractivity contribution in [2.24, 2.45) is 5.73 Å². The molecule has 2 aromatic carbocycles. The molecule has 0 bridgehead atoms. The summed E-state index contributed by atoms with van der Waals surface area (Å²) in [6.07, 6.45) is -1.14. The van der Waals surface area contributed by atoms with Crippen LogP contribution in [-0.4, -0.2) is 29.7 Å². The highest BCUT2D eigenvalue weighted by Gasteiger charge is 2.19. The molecule has 0 spiro atoms. The molecule has 146 valence electrons. The molecule has 0 saturated carbocycles. The van der Waals surface area contributed by atoms with Gasteiger partial charge >= 0.3 is 5.97 Å². The molecule has 0 saturated heterocycles. The summed E-state index contributed by atoms with van der Waals surface area (Å²) in [7, 11) is 0. The lowest BCUT2D eigenvalue weighted by Gasteiger charge is -2.13. The second kappa shape index (κ2) is 9.45. The summed E-state index contributed by atoms with van der Waals surface area (Å²) in [5.41, 5.74) is 7.48. The number of nitrogens with two attached hydrogens (primary N) is 1. The number of benzene rings is 2. The Kier molecular flexibility index (Phi) is 7.03. The number of carbonyl (C=O) groups is 4. The second-order valence-electron chi connectivity index (χ2n) is 6.35. The largest absolute Gasteiger partial charge is 0.453 e. The van der Waals surface area contributed by atoms with Crippen molar-refractivity contribution in [3.8, 4) is 0 Å². The SMILES string of the molecule is Cc1ccc(C(=O)CCC(=O)OC(C)C(=O)Nc2ccc(C(N)=O)cc2)cc1. The molecule has 1 unspecified atom stereocenters. The molecule has 7 heteroatoms. The standard InChI is InChI=1S/C21H22N2O5/c1-13-3-5-15(6-4-13)18(24)11-12-19(25)28-14(2)21(27)23-17-9-7-16(8-10-17)20(22)26/h3-10,14H,11-12H2,1-2H3,(H2,22,26)(H,23,27). The Morgan fingerprint density at radius 1 is 0.929 bits per heavy atom. The first-order valence-electron chi connectivity index (χ1n) is 8.76. The molecular formula is C21H22N2O5. The number of hydrogen-bond donors (Lipinski definition) is 2. The Balaban J connectivity index is 1.80. The van der Waals surface area contributed by atoms with Gasteiger partial charge in [-0.25, -0.2) is 0 Å². The lowest BCUT2D eigenvalue weighted by atomic mass is 10.1. The molecule has 0 aliphatic carbocycles. The van der Waals surface area contributed by atoms with Crippen LogP contribution in [0.15, 0.2) is 48.5 Å². The highest BCUT2D eigenvalue weighted by Crippen LogP contribution is 2.11. The van der Waals surface area contributed by atoms with Gasteiger partial charge in [-0.2, -0.15) is 0 Å². The van der Waals surface area contributed by atoms with Crippen LogP contribution in [-0.2, 0) is 14.3 Å². The van der Waals surface area contributed by atoms with Gasteiger partial charge in [0.25, 0.3) is 5.91 Å². The van der Waals surface area contributed by atoms with Crippen LogP contribution in [0.1, 0.15) is 46.0 Å². The summed E-state index contributed by atoms with van der Waals surface area (Å²) in [4.78, 5) is 47.1. The van der Waals surface area contributed by atoms with Gasteiger partial charge in [0.1, 0.15) is 0 Å². The molecule has 0 heterocycles. The van der Waals surface area contributed by atoms with E-state index < -0.39 is 23.9 Å². The van der Waals surface area contributed by atoms with Crippen molar-refractivity contribution in [3.63, 3.8) is 0 Å². The van der Waals surface area contributed by atoms with Crippen molar-refractivity contribution < 1.29 is 23.9 Å². The maximum Gasteiger partial charge on any atom is 0.307 e. The van der Waals surface area contributed by atoms with Gasteiger partial charge in [-0.3, -0.25) is 19.2 Å². The first-order valence-corrected chi connectivity index (χ1v) is 8.76. The number of ether oxygens (including phenoxy) is 1. The number of hydrogen-bond acceptors (Lipinski definition) is 5. The van der Waals surface area contributed by atoms with Crippen LogP contribution in [0, 0.1) is 6.92 Å². The van der Waals surface area contributed by atoms with Gasteiger partial charge < -0.3 is 15.8 Å². The first-order chi connectivity index (χ1) is 13.3. The maximum absolute atomic E-state index is 12.1. The van der Waals surface area contributed by atoms with E-state index in [2.05, 4.69) is 5.32 Å². The van der Waals surface area contributed by atoms with Crippen LogP contribution < -0.4 is 11.1 Å². The van der Waals surface area contributed by atoms with E-state index in [0.29, 0.717) is 16.8 Å². The molecule has 0 fully saturated rings. The summed E-state index contributed by atoms with van der Waals surface area (Å²) >= 11 is 0. The van der Waals surface area contributed by atoms with Crippen LogP contribution in [0.2, 0.25) is 0 Å². The number of aryl methyl sites for hydroxylation is 1. The van der Waals surface area contributed by atoms with Crippen LogP contribution in [0.3, 0.4) is 0 Å². The molecule has 1 atom stereocenters. The Bertz CT molecular complexity index is 873. The molecule has 3 N–H and O–H groups in total. The van der Waals surface area contributed by atoms with E-state index in [-0.39, 0.29) is 18.6 Å². The average Bonchev–Trinajstić information content (AvgIpc) is 2.67. The van der Waals surface area contributed by atoms with Gasteiger partial charge in [0.15, 0.2) is 11.9 Å². The quantitative estimate of drug-likeness (QED) is 0.538. The van der Waals surface area contributed by atoms with E-state index in [0.717, 1.165) is 5.56 Å². The number of nitrogens with one attached hydrogen (secondary N) is 1. The predicted octanol–water partition coefficient (Wildman–Crippen LogP) is 2.63. The predicted molar refractivity (Wildman–Crippen MR) is 104 cm³/mol. The van der Waals surface area contributed by atoms with Gasteiger partial charge in [0, 0.05) is 23.2 Å². The fraction of sp³-hybridized carbons (Fsp3) is 0.238. The minimum atomic E-state index is -1.03. The van der Waals surface area contributed by atoms with Gasteiger partial charge in [-0.15, -0.1) is 0 Å². The van der Waals surface area contributed by atoms with Crippen molar-refractivity contribution in [3.05, 3.63) is 65.2 Å². The van der Waals surface area contributed by atoms with E-state index in [4.69, 9.17) is 10.5 Å². The third kappa shape index (κ3) is 6.05. The van der Waals surface area contributed by atoms with Crippen LogP contribution in [0.4, 0.5) is 5.69 Å². The highest BCUT2D eigenvalue weighted by atomic mass is 16.5. The van der Waals surface area contributed by atoms with E-state index in [9.17, 15) is 19.2 Å². The number of amides is 2. The zero-order valence-electron chi connectivity index (χ0n) is 15.7. The van der Waals surface area contributed by atoms with Gasteiger partial charge in [-0.05, 0) is 38.1 Å². The minimum absolute atomic E-state index is 0.00477. The molecule has 0 aliphatic heterocycles. The highest BCUT2D eigenvalue weighted by molar-refractivity contribution is 5.98. The molecule has 2 amide bonds. The van der Waals surface area contributed by atoms with Crippen molar-refractivity contribution in [2.45, 2.75) is 32.8 Å². The number of rotatable bonds is 8. The molecule has 0 radical (unpaired) electrons. The van der Waals surface area contributed by atoms with E-state index >= 15 is 0 Å². The van der Waals surface area contributed by atoms with E-state index in [1.54, 1.807) is 12.1 Å². The number of carbonyl (C=O) groups excluding carboxylic acids is 4. The Morgan fingerprint density at radius 3 is 2.07 bits per heavy atom. The zero-order valence-corrected chi connectivity index (χ0v) is 15.7. The molecule has 2 rings (SSSR count). The van der Waals surface area contributed by atoms with Gasteiger partial charge in [-0.1, -0.05) is 29.8 Å². The van der Waals surface area contributed by atoms with Crippen molar-refractivity contribution in [1.29, 1.82) is 0 Å². The molecule has 2 aromatic rings. The zero-order chi connectivity index (χ0) is 20.7. The molecule has 28 heavy (non-hydrogen) atoms. The van der Waals surface area contributed by atoms with Crippen LogP contribution in [0.5, 0.6) is 0 Å². The van der Waals surface area contributed by atoms with E-state index in [1.807, 2.05) is 19.1 Å². The van der Waals surface area contributed by atoms with Crippen molar-refractivity contribution in [2.75, 3.05) is 5.32 Å². The summed E-state index contributed by atoms with van der Waals surface area (Å²) in [5, 5.41) is 2.57. The number of anilines is 1. The monoisotopic (exact) mass is 382 g/mol. The van der Waals surface area contributed by atoms with Crippen LogP contribution in [0.25, 0.3) is 0 Å². The Morgan fingerprint density at radius 2 is 1.50 bits per heavy atom. The average molecular weight is 382 g/mol. The third-order valence-corrected chi connectivity index (χ3v) is 4.04. The second-order valence-corrected chi connectivity index (χ2v) is 6.35. The maximum atomic E-state index is 12.1. The van der Waals surface area contributed by atoms with Crippen LogP contribution >= 0.6 is 0 Å². The number of esters is 1. The number of ketones is 1. The topological polar surface area (TPSA) is 116 Å². The lowest BCUT2D eigenvalue weighted by Crippen LogP contribution is -2.30. The number of primary amides is 1. The smallest absolute Gasteiger partial charge is 0.307 e. The van der Waals surface area contributed by atoms with E-state index in [1.165, 1.54) is 31.2 Å². The lowest BCUT2D eigenvalue weighted by molar-refractivity contribution is -0.153. The summed E-state index contributed by atoms with van der Waals surface area (Å²) in [6.45, 7) is 3.36. The summed E-state index contributed by atoms with van der Waals surface area (Å²) in [6, 6.07) is 13.1.